The van der Waals surface area contributed by atoms with Crippen LogP contribution in [-0.4, -0.2) is 38.9 Å². The number of anilines is 1. The third-order valence-corrected chi connectivity index (χ3v) is 4.01. The Balaban J connectivity index is 1.85. The van der Waals surface area contributed by atoms with E-state index in [-0.39, 0.29) is 6.10 Å². The summed E-state index contributed by atoms with van der Waals surface area (Å²) >= 11 is 0. The van der Waals surface area contributed by atoms with Gasteiger partial charge in [0.25, 0.3) is 0 Å². The number of aliphatic hydroxyl groups excluding tert-OH is 1. The smallest absolute Gasteiger partial charge is 0.154 e. The van der Waals surface area contributed by atoms with Crippen molar-refractivity contribution in [2.24, 2.45) is 5.92 Å². The highest BCUT2D eigenvalue weighted by Gasteiger charge is 2.24. The number of hydrogen-bond donors (Lipinski definition) is 1. The van der Waals surface area contributed by atoms with Crippen LogP contribution in [0.3, 0.4) is 0 Å². The Bertz CT molecular complexity index is 570. The van der Waals surface area contributed by atoms with Crippen molar-refractivity contribution < 1.29 is 5.11 Å². The highest BCUT2D eigenvalue weighted by molar-refractivity contribution is 5.69. The average Bonchev–Trinajstić information content (AvgIpc) is 2.78. The van der Waals surface area contributed by atoms with Gasteiger partial charge in [0.1, 0.15) is 5.52 Å². The molecule has 0 amide bonds. The molecule has 1 aliphatic rings. The van der Waals surface area contributed by atoms with Crippen LogP contribution < -0.4 is 4.90 Å². The molecule has 102 valence electrons. The van der Waals surface area contributed by atoms with Gasteiger partial charge in [-0.15, -0.1) is 0 Å². The predicted octanol–water partition coefficient (Wildman–Crippen LogP) is 1.63. The van der Waals surface area contributed by atoms with Crippen LogP contribution in [0.4, 0.5) is 5.82 Å². The third kappa shape index (κ3) is 2.30. The Hall–Kier alpha value is -1.62. The van der Waals surface area contributed by atoms with Crippen LogP contribution in [0.1, 0.15) is 25.5 Å². The van der Waals surface area contributed by atoms with E-state index in [9.17, 15) is 5.11 Å². The normalized spacial score (nSPS) is 19.0. The molecule has 0 bridgehead atoms. The average molecular weight is 260 g/mol. The van der Waals surface area contributed by atoms with Crippen LogP contribution in [0.5, 0.6) is 0 Å². The van der Waals surface area contributed by atoms with Crippen LogP contribution in [0.2, 0.25) is 0 Å². The van der Waals surface area contributed by atoms with Crippen molar-refractivity contribution in [2.75, 3.05) is 18.0 Å². The second-order valence-electron chi connectivity index (χ2n) is 5.43. The lowest BCUT2D eigenvalue weighted by Crippen LogP contribution is -2.37. The van der Waals surface area contributed by atoms with E-state index in [1.807, 2.05) is 24.6 Å². The highest BCUT2D eigenvalue weighted by Crippen LogP contribution is 2.26. The van der Waals surface area contributed by atoms with Crippen LogP contribution >= 0.6 is 0 Å². The van der Waals surface area contributed by atoms with E-state index in [4.69, 9.17) is 0 Å². The van der Waals surface area contributed by atoms with Crippen molar-refractivity contribution in [3.05, 3.63) is 24.2 Å². The van der Waals surface area contributed by atoms with Gasteiger partial charge in [0, 0.05) is 25.5 Å². The number of aryl methyl sites for hydroxylation is 1. The molecule has 2 aromatic rings. The fourth-order valence-corrected chi connectivity index (χ4v) is 2.87. The highest BCUT2D eigenvalue weighted by atomic mass is 16.3. The molecule has 1 N–H and O–H groups in total. The summed E-state index contributed by atoms with van der Waals surface area (Å²) in [4.78, 5) is 6.82. The van der Waals surface area contributed by atoms with Crippen molar-refractivity contribution in [1.29, 1.82) is 0 Å². The molecular weight excluding hydrogens is 240 g/mol. The van der Waals surface area contributed by atoms with E-state index in [1.54, 1.807) is 6.20 Å². The van der Waals surface area contributed by atoms with Gasteiger partial charge in [0.15, 0.2) is 5.82 Å². The summed E-state index contributed by atoms with van der Waals surface area (Å²) in [5.41, 5.74) is 2.07. The summed E-state index contributed by atoms with van der Waals surface area (Å²) in [6.07, 6.45) is 5.52. The van der Waals surface area contributed by atoms with Crippen molar-refractivity contribution in [3.8, 4) is 0 Å². The Morgan fingerprint density at radius 2 is 2.11 bits per heavy atom. The van der Waals surface area contributed by atoms with Gasteiger partial charge in [-0.3, -0.25) is 0 Å². The number of aromatic nitrogens is 3. The topological polar surface area (TPSA) is 53.7 Å². The van der Waals surface area contributed by atoms with Gasteiger partial charge in [-0.25, -0.2) is 9.50 Å². The van der Waals surface area contributed by atoms with Crippen LogP contribution in [0.15, 0.2) is 18.5 Å². The summed E-state index contributed by atoms with van der Waals surface area (Å²) < 4.78 is 1.89. The summed E-state index contributed by atoms with van der Waals surface area (Å²) in [6, 6.07) is 2.07. The maximum absolute atomic E-state index is 9.66. The fraction of sp³-hybridized carbons (Fsp3) is 0.571. The SMILES string of the molecule is Cc1cc2c(N3CCC(C(C)O)CC3)nccn2n1. The lowest BCUT2D eigenvalue weighted by molar-refractivity contribution is 0.110. The zero-order chi connectivity index (χ0) is 13.4. The second kappa shape index (κ2) is 4.81. The molecule has 5 heteroatoms. The first-order chi connectivity index (χ1) is 9.15. The molecule has 3 heterocycles. The van der Waals surface area contributed by atoms with Crippen molar-refractivity contribution in [1.82, 2.24) is 14.6 Å². The molecule has 1 saturated heterocycles. The first-order valence-electron chi connectivity index (χ1n) is 6.89. The number of aliphatic hydroxyl groups is 1. The molecule has 3 rings (SSSR count). The molecular formula is C14H20N4O. The molecule has 19 heavy (non-hydrogen) atoms. The van der Waals surface area contributed by atoms with E-state index in [0.717, 1.165) is 43.0 Å². The molecule has 0 saturated carbocycles. The Labute approximate surface area is 112 Å². The first kappa shape index (κ1) is 12.4. The molecule has 2 aromatic heterocycles. The molecule has 0 aromatic carbocycles. The van der Waals surface area contributed by atoms with Gasteiger partial charge in [-0.05, 0) is 38.7 Å². The summed E-state index contributed by atoms with van der Waals surface area (Å²) in [5.74, 6) is 1.43. The van der Waals surface area contributed by atoms with Crippen molar-refractivity contribution in [3.63, 3.8) is 0 Å². The van der Waals surface area contributed by atoms with E-state index in [1.165, 1.54) is 0 Å². The molecule has 0 aliphatic carbocycles. The number of rotatable bonds is 2. The van der Waals surface area contributed by atoms with E-state index in [0.29, 0.717) is 5.92 Å². The van der Waals surface area contributed by atoms with Crippen molar-refractivity contribution in [2.45, 2.75) is 32.8 Å². The number of piperidine rings is 1. The molecule has 1 atom stereocenters. The number of fused-ring (bicyclic) bond motifs is 1. The molecule has 1 unspecified atom stereocenters. The van der Waals surface area contributed by atoms with Gasteiger partial charge >= 0.3 is 0 Å². The molecule has 1 aliphatic heterocycles. The fourth-order valence-electron chi connectivity index (χ4n) is 2.87. The summed E-state index contributed by atoms with van der Waals surface area (Å²) in [5, 5.41) is 14.1. The monoisotopic (exact) mass is 260 g/mol. The maximum Gasteiger partial charge on any atom is 0.154 e. The molecule has 1 fully saturated rings. The minimum atomic E-state index is -0.205. The quantitative estimate of drug-likeness (QED) is 0.891. The lowest BCUT2D eigenvalue weighted by atomic mass is 9.92. The van der Waals surface area contributed by atoms with Gasteiger partial charge in [0.05, 0.1) is 11.8 Å². The first-order valence-corrected chi connectivity index (χ1v) is 6.89. The molecule has 0 radical (unpaired) electrons. The van der Waals surface area contributed by atoms with E-state index in [2.05, 4.69) is 21.0 Å². The van der Waals surface area contributed by atoms with Gasteiger partial charge in [-0.1, -0.05) is 0 Å². The van der Waals surface area contributed by atoms with Crippen LogP contribution in [0, 0.1) is 12.8 Å². The van der Waals surface area contributed by atoms with E-state index >= 15 is 0 Å². The number of hydrogen-bond acceptors (Lipinski definition) is 4. The Morgan fingerprint density at radius 3 is 2.79 bits per heavy atom. The van der Waals surface area contributed by atoms with Crippen LogP contribution in [-0.2, 0) is 0 Å². The molecule has 5 nitrogen and oxygen atoms in total. The molecule has 0 spiro atoms. The predicted molar refractivity (Wildman–Crippen MR) is 74.3 cm³/mol. The van der Waals surface area contributed by atoms with Gasteiger partial charge in [0.2, 0.25) is 0 Å². The minimum absolute atomic E-state index is 0.205. The zero-order valence-electron chi connectivity index (χ0n) is 11.5. The Morgan fingerprint density at radius 1 is 1.37 bits per heavy atom. The Kier molecular flexibility index (Phi) is 3.14. The maximum atomic E-state index is 9.66. The summed E-state index contributed by atoms with van der Waals surface area (Å²) in [7, 11) is 0. The zero-order valence-corrected chi connectivity index (χ0v) is 11.5. The van der Waals surface area contributed by atoms with Gasteiger partial charge < -0.3 is 10.0 Å². The van der Waals surface area contributed by atoms with Gasteiger partial charge in [-0.2, -0.15) is 5.10 Å². The summed E-state index contributed by atoms with van der Waals surface area (Å²) in [6.45, 7) is 5.79. The number of nitrogens with zero attached hydrogens (tertiary/aromatic N) is 4. The van der Waals surface area contributed by atoms with Crippen LogP contribution in [0.25, 0.3) is 5.52 Å². The minimum Gasteiger partial charge on any atom is -0.393 e. The largest absolute Gasteiger partial charge is 0.393 e. The van der Waals surface area contributed by atoms with E-state index < -0.39 is 0 Å². The van der Waals surface area contributed by atoms with Crippen molar-refractivity contribution >= 4 is 11.3 Å². The lowest BCUT2D eigenvalue weighted by Gasteiger charge is -2.34. The second-order valence-corrected chi connectivity index (χ2v) is 5.43. The standard InChI is InChI=1S/C14H20N4O/c1-10-9-13-14(15-5-8-18(13)16-10)17-6-3-12(4-7-17)11(2)19/h5,8-9,11-12,19H,3-4,6-7H2,1-2H3. The third-order valence-electron chi connectivity index (χ3n) is 4.01.